The van der Waals surface area contributed by atoms with Crippen molar-refractivity contribution in [3.63, 3.8) is 0 Å². The highest BCUT2D eigenvalue weighted by molar-refractivity contribution is 5.89. The number of carboxylic acids is 1. The highest BCUT2D eigenvalue weighted by Gasteiger charge is 2.54. The van der Waals surface area contributed by atoms with Gasteiger partial charge in [-0.1, -0.05) is 13.8 Å². The fourth-order valence-electron chi connectivity index (χ4n) is 2.02. The molecule has 1 rings (SSSR count). The van der Waals surface area contributed by atoms with Crippen LogP contribution in [0.1, 0.15) is 41.0 Å². The first-order valence-electron chi connectivity index (χ1n) is 5.69. The highest BCUT2D eigenvalue weighted by atomic mass is 16.4. The van der Waals surface area contributed by atoms with Gasteiger partial charge in [-0.15, -0.1) is 0 Å². The van der Waals surface area contributed by atoms with Crippen LogP contribution in [-0.4, -0.2) is 34.0 Å². The van der Waals surface area contributed by atoms with E-state index in [1.54, 1.807) is 13.8 Å². The zero-order valence-corrected chi connectivity index (χ0v) is 10.7. The van der Waals surface area contributed by atoms with E-state index in [1.165, 1.54) is 4.90 Å². The fourth-order valence-corrected chi connectivity index (χ4v) is 2.02. The predicted molar refractivity (Wildman–Crippen MR) is 61.0 cm³/mol. The van der Waals surface area contributed by atoms with Gasteiger partial charge in [-0.2, -0.15) is 0 Å². The summed E-state index contributed by atoms with van der Waals surface area (Å²) in [4.78, 5) is 24.8. The number of carbonyl (C=O) groups is 2. The Morgan fingerprint density at radius 3 is 2.12 bits per heavy atom. The molecule has 0 radical (unpaired) electrons. The molecule has 4 nitrogen and oxygen atoms in total. The minimum Gasteiger partial charge on any atom is -0.480 e. The van der Waals surface area contributed by atoms with E-state index >= 15 is 0 Å². The second kappa shape index (κ2) is 3.75. The van der Waals surface area contributed by atoms with E-state index in [2.05, 4.69) is 0 Å². The van der Waals surface area contributed by atoms with Crippen molar-refractivity contribution in [3.05, 3.63) is 0 Å². The summed E-state index contributed by atoms with van der Waals surface area (Å²) >= 11 is 0. The van der Waals surface area contributed by atoms with E-state index in [1.807, 2.05) is 20.8 Å². The number of amides is 1. The van der Waals surface area contributed by atoms with Gasteiger partial charge in [0.25, 0.3) is 0 Å². The number of aliphatic carboxylic acids is 1. The Morgan fingerprint density at radius 1 is 1.44 bits per heavy atom. The Bertz CT molecular complexity index is 320. The molecule has 0 aromatic carbocycles. The molecule has 1 saturated carbocycles. The fraction of sp³-hybridized carbons (Fsp3) is 0.833. The van der Waals surface area contributed by atoms with Crippen molar-refractivity contribution < 1.29 is 14.7 Å². The van der Waals surface area contributed by atoms with Crippen molar-refractivity contribution in [2.24, 2.45) is 11.3 Å². The molecule has 0 aliphatic heterocycles. The number of carboxylic acid groups (broad SMARTS) is 1. The van der Waals surface area contributed by atoms with Gasteiger partial charge < -0.3 is 10.0 Å². The Morgan fingerprint density at radius 2 is 1.88 bits per heavy atom. The van der Waals surface area contributed by atoms with E-state index in [0.717, 1.165) is 6.42 Å². The molecule has 16 heavy (non-hydrogen) atoms. The smallest absolute Gasteiger partial charge is 0.329 e. The molecule has 1 N–H and O–H groups in total. The second-order valence-corrected chi connectivity index (χ2v) is 5.69. The first kappa shape index (κ1) is 13.0. The van der Waals surface area contributed by atoms with Gasteiger partial charge in [0.1, 0.15) is 5.54 Å². The quantitative estimate of drug-likeness (QED) is 0.796. The minimum absolute atomic E-state index is 0.00826. The maximum absolute atomic E-state index is 12.2. The van der Waals surface area contributed by atoms with E-state index in [9.17, 15) is 9.59 Å². The maximum atomic E-state index is 12.2. The topological polar surface area (TPSA) is 57.6 Å². The molecule has 0 saturated heterocycles. The van der Waals surface area contributed by atoms with Crippen LogP contribution >= 0.6 is 0 Å². The molecule has 1 atom stereocenters. The summed E-state index contributed by atoms with van der Waals surface area (Å²) in [5, 5.41) is 9.13. The summed E-state index contributed by atoms with van der Waals surface area (Å²) in [5.41, 5.74) is -1.08. The van der Waals surface area contributed by atoms with Gasteiger partial charge in [0.05, 0.1) is 0 Å². The summed E-state index contributed by atoms with van der Waals surface area (Å²) in [5.74, 6) is -0.993. The van der Waals surface area contributed by atoms with Crippen molar-refractivity contribution in [1.29, 1.82) is 0 Å². The van der Waals surface area contributed by atoms with Gasteiger partial charge in [0.2, 0.25) is 5.91 Å². The van der Waals surface area contributed by atoms with Crippen molar-refractivity contribution in [2.45, 2.75) is 46.6 Å². The van der Waals surface area contributed by atoms with Crippen molar-refractivity contribution in [1.82, 2.24) is 4.90 Å². The van der Waals surface area contributed by atoms with Crippen LogP contribution < -0.4 is 0 Å². The van der Waals surface area contributed by atoms with Gasteiger partial charge in [0, 0.05) is 12.5 Å². The van der Waals surface area contributed by atoms with Crippen LogP contribution in [0.25, 0.3) is 0 Å². The Hall–Kier alpha value is -1.06. The maximum Gasteiger partial charge on any atom is 0.329 e. The molecule has 1 unspecified atom stereocenters. The second-order valence-electron chi connectivity index (χ2n) is 5.69. The third-order valence-electron chi connectivity index (χ3n) is 3.59. The Balaban J connectivity index is 2.84. The standard InChI is InChI=1S/C12H21NO3/c1-6-13(12(4,5)10(15)16)9(14)8-7-11(8,2)3/h8H,6-7H2,1-5H3,(H,15,16). The molecule has 1 amide bonds. The predicted octanol–water partition coefficient (Wildman–Crippen LogP) is 1.74. The summed E-state index contributed by atoms with van der Waals surface area (Å²) in [7, 11) is 0. The molecular weight excluding hydrogens is 206 g/mol. The molecule has 92 valence electrons. The molecule has 1 aliphatic carbocycles. The van der Waals surface area contributed by atoms with Crippen molar-refractivity contribution in [3.8, 4) is 0 Å². The molecule has 0 spiro atoms. The van der Waals surface area contributed by atoms with Gasteiger partial charge in [-0.05, 0) is 32.6 Å². The average Bonchev–Trinajstić information content (AvgIpc) is 2.75. The first-order chi connectivity index (χ1) is 7.14. The number of rotatable bonds is 4. The van der Waals surface area contributed by atoms with E-state index in [0.29, 0.717) is 6.54 Å². The molecule has 0 aromatic heterocycles. The average molecular weight is 227 g/mol. The third kappa shape index (κ3) is 2.06. The van der Waals surface area contributed by atoms with Crippen LogP contribution in [0.2, 0.25) is 0 Å². The minimum atomic E-state index is -1.12. The van der Waals surface area contributed by atoms with Crippen LogP contribution in [0.5, 0.6) is 0 Å². The van der Waals surface area contributed by atoms with Gasteiger partial charge in [-0.25, -0.2) is 4.79 Å². The summed E-state index contributed by atoms with van der Waals surface area (Å²) in [6.45, 7) is 9.48. The number of hydrogen-bond donors (Lipinski definition) is 1. The monoisotopic (exact) mass is 227 g/mol. The summed E-state index contributed by atoms with van der Waals surface area (Å²) in [6, 6.07) is 0. The van der Waals surface area contributed by atoms with E-state index < -0.39 is 11.5 Å². The van der Waals surface area contributed by atoms with Crippen LogP contribution in [0.4, 0.5) is 0 Å². The molecule has 0 heterocycles. The zero-order valence-electron chi connectivity index (χ0n) is 10.7. The lowest BCUT2D eigenvalue weighted by Gasteiger charge is -2.34. The van der Waals surface area contributed by atoms with Gasteiger partial charge >= 0.3 is 5.97 Å². The largest absolute Gasteiger partial charge is 0.480 e. The van der Waals surface area contributed by atoms with E-state index in [4.69, 9.17) is 5.11 Å². The van der Waals surface area contributed by atoms with Gasteiger partial charge in [0.15, 0.2) is 0 Å². The molecule has 0 aromatic rings. The molecule has 1 aliphatic rings. The molecular formula is C12H21NO3. The van der Waals surface area contributed by atoms with Gasteiger partial charge in [-0.3, -0.25) is 4.79 Å². The number of nitrogens with zero attached hydrogens (tertiary/aromatic N) is 1. The lowest BCUT2D eigenvalue weighted by molar-refractivity contribution is -0.157. The lowest BCUT2D eigenvalue weighted by atomic mass is 10.0. The SMILES string of the molecule is CCN(C(=O)C1CC1(C)C)C(C)(C)C(=O)O. The number of hydrogen-bond acceptors (Lipinski definition) is 2. The normalized spacial score (nSPS) is 22.7. The summed E-state index contributed by atoms with van der Waals surface area (Å²) in [6.07, 6.45) is 0.859. The summed E-state index contributed by atoms with van der Waals surface area (Å²) < 4.78 is 0. The third-order valence-corrected chi connectivity index (χ3v) is 3.59. The molecule has 1 fully saturated rings. The number of likely N-dealkylation sites (N-methyl/N-ethyl adjacent to an activating group) is 1. The van der Waals surface area contributed by atoms with Crippen molar-refractivity contribution >= 4 is 11.9 Å². The highest BCUT2D eigenvalue weighted by Crippen LogP contribution is 2.52. The first-order valence-corrected chi connectivity index (χ1v) is 5.69. The van der Waals surface area contributed by atoms with E-state index in [-0.39, 0.29) is 17.2 Å². The lowest BCUT2D eigenvalue weighted by Crippen LogP contribution is -2.53. The van der Waals surface area contributed by atoms with Crippen LogP contribution in [0, 0.1) is 11.3 Å². The zero-order chi connectivity index (χ0) is 12.7. The van der Waals surface area contributed by atoms with Crippen LogP contribution in [0.3, 0.4) is 0 Å². The number of carbonyl (C=O) groups excluding carboxylic acids is 1. The molecule has 0 bridgehead atoms. The van der Waals surface area contributed by atoms with Crippen molar-refractivity contribution in [2.75, 3.05) is 6.54 Å². The van der Waals surface area contributed by atoms with Crippen LogP contribution in [-0.2, 0) is 9.59 Å². The Labute approximate surface area is 96.6 Å². The Kier molecular flexibility index (Phi) is 3.05. The van der Waals surface area contributed by atoms with Crippen LogP contribution in [0.15, 0.2) is 0 Å². The molecule has 4 heteroatoms.